The predicted octanol–water partition coefficient (Wildman–Crippen LogP) is 5.46. The number of nitrogens with one attached hydrogen (secondary N) is 1. The molecular weight excluding hydrogens is 326 g/mol. The predicted molar refractivity (Wildman–Crippen MR) is 82.7 cm³/mol. The van der Waals surface area contributed by atoms with Crippen LogP contribution in [0.4, 0.5) is 5.69 Å². The van der Waals surface area contributed by atoms with E-state index in [1.807, 2.05) is 48.5 Å². The molecule has 1 N–H and O–H groups in total. The molecule has 19 heavy (non-hydrogen) atoms. The summed E-state index contributed by atoms with van der Waals surface area (Å²) >= 11 is 9.56. The maximum absolute atomic E-state index is 6.14. The third kappa shape index (κ3) is 2.62. The van der Waals surface area contributed by atoms with E-state index < -0.39 is 0 Å². The van der Waals surface area contributed by atoms with Crippen molar-refractivity contribution in [3.05, 3.63) is 63.8 Å². The summed E-state index contributed by atoms with van der Waals surface area (Å²) in [7, 11) is 0. The van der Waals surface area contributed by atoms with Gasteiger partial charge in [-0.15, -0.1) is 0 Å². The van der Waals surface area contributed by atoms with Crippen LogP contribution in [-0.4, -0.2) is 0 Å². The molecular formula is C15H11BrClNO. The van der Waals surface area contributed by atoms with E-state index in [1.54, 1.807) is 0 Å². The second kappa shape index (κ2) is 5.27. The molecule has 0 amide bonds. The van der Waals surface area contributed by atoms with Gasteiger partial charge in [-0.05, 0) is 41.9 Å². The molecule has 0 aliphatic heterocycles. The lowest BCUT2D eigenvalue weighted by atomic mass is 10.2. The van der Waals surface area contributed by atoms with Crippen molar-refractivity contribution < 1.29 is 4.42 Å². The average molecular weight is 337 g/mol. The van der Waals surface area contributed by atoms with Crippen LogP contribution in [0.3, 0.4) is 0 Å². The van der Waals surface area contributed by atoms with Crippen molar-refractivity contribution in [1.29, 1.82) is 0 Å². The Kier molecular flexibility index (Phi) is 3.49. The van der Waals surface area contributed by atoms with Gasteiger partial charge in [-0.1, -0.05) is 34.1 Å². The monoisotopic (exact) mass is 335 g/mol. The first-order valence-electron chi connectivity index (χ1n) is 5.89. The van der Waals surface area contributed by atoms with Crippen molar-refractivity contribution >= 4 is 44.2 Å². The fourth-order valence-electron chi connectivity index (χ4n) is 1.99. The Bertz CT molecular complexity index is 706. The molecule has 0 unspecified atom stereocenters. The lowest BCUT2D eigenvalue weighted by Gasteiger charge is -2.05. The topological polar surface area (TPSA) is 25.2 Å². The highest BCUT2D eigenvalue weighted by molar-refractivity contribution is 9.10. The number of furan rings is 1. The number of para-hydroxylation sites is 1. The van der Waals surface area contributed by atoms with Crippen molar-refractivity contribution in [2.24, 2.45) is 0 Å². The Hall–Kier alpha value is -1.45. The molecule has 0 spiro atoms. The van der Waals surface area contributed by atoms with Crippen LogP contribution in [-0.2, 0) is 6.54 Å². The number of hydrogen-bond acceptors (Lipinski definition) is 2. The van der Waals surface area contributed by atoms with Crippen LogP contribution in [0.25, 0.3) is 11.0 Å². The lowest BCUT2D eigenvalue weighted by molar-refractivity contribution is 0.613. The first-order chi connectivity index (χ1) is 9.24. The molecule has 4 heteroatoms. The molecule has 0 atom stereocenters. The van der Waals surface area contributed by atoms with Gasteiger partial charge in [0.25, 0.3) is 0 Å². The molecule has 0 fully saturated rings. The molecule has 1 heterocycles. The van der Waals surface area contributed by atoms with Crippen molar-refractivity contribution in [1.82, 2.24) is 0 Å². The Morgan fingerprint density at radius 1 is 1.05 bits per heavy atom. The van der Waals surface area contributed by atoms with Crippen molar-refractivity contribution in [3.63, 3.8) is 0 Å². The van der Waals surface area contributed by atoms with E-state index in [0.29, 0.717) is 11.8 Å². The zero-order chi connectivity index (χ0) is 13.2. The summed E-state index contributed by atoms with van der Waals surface area (Å²) in [5.74, 6) is 0. The fraction of sp³-hybridized carbons (Fsp3) is 0.0667. The molecule has 96 valence electrons. The van der Waals surface area contributed by atoms with Gasteiger partial charge in [0.05, 0.1) is 0 Å². The standard InChI is InChI=1S/C15H11BrClNO/c16-10-5-7-11(8-6-10)18-9-13-12-3-1-2-4-14(12)19-15(13)17/h1-8,18H,9H2. The minimum absolute atomic E-state index is 0.450. The normalized spacial score (nSPS) is 10.8. The minimum atomic E-state index is 0.450. The van der Waals surface area contributed by atoms with E-state index in [0.717, 1.165) is 26.7 Å². The Morgan fingerprint density at radius 2 is 1.79 bits per heavy atom. The van der Waals surface area contributed by atoms with E-state index in [-0.39, 0.29) is 0 Å². The zero-order valence-corrected chi connectivity index (χ0v) is 12.3. The highest BCUT2D eigenvalue weighted by Gasteiger charge is 2.11. The Labute approximate surface area is 124 Å². The molecule has 0 radical (unpaired) electrons. The molecule has 0 aliphatic rings. The van der Waals surface area contributed by atoms with Gasteiger partial charge >= 0.3 is 0 Å². The van der Waals surface area contributed by atoms with E-state index in [2.05, 4.69) is 21.2 Å². The molecule has 0 bridgehead atoms. The second-order valence-electron chi connectivity index (χ2n) is 4.21. The quantitative estimate of drug-likeness (QED) is 0.687. The van der Waals surface area contributed by atoms with Crippen LogP contribution >= 0.6 is 27.5 Å². The molecule has 1 aromatic heterocycles. The summed E-state index contributed by atoms with van der Waals surface area (Å²) < 4.78 is 6.58. The van der Waals surface area contributed by atoms with Gasteiger partial charge in [-0.25, -0.2) is 0 Å². The van der Waals surface area contributed by atoms with Crippen molar-refractivity contribution in [2.45, 2.75) is 6.54 Å². The van der Waals surface area contributed by atoms with E-state index in [9.17, 15) is 0 Å². The largest absolute Gasteiger partial charge is 0.444 e. The molecule has 3 rings (SSSR count). The van der Waals surface area contributed by atoms with E-state index >= 15 is 0 Å². The molecule has 0 saturated carbocycles. The van der Waals surface area contributed by atoms with Gasteiger partial charge in [0, 0.05) is 27.7 Å². The smallest absolute Gasteiger partial charge is 0.199 e. The van der Waals surface area contributed by atoms with E-state index in [4.69, 9.17) is 16.0 Å². The molecule has 3 aromatic rings. The Morgan fingerprint density at radius 3 is 2.58 bits per heavy atom. The first kappa shape index (κ1) is 12.6. The van der Waals surface area contributed by atoms with Crippen LogP contribution in [0.2, 0.25) is 5.22 Å². The van der Waals surface area contributed by atoms with Gasteiger partial charge in [-0.2, -0.15) is 0 Å². The van der Waals surface area contributed by atoms with Crippen molar-refractivity contribution in [2.75, 3.05) is 5.32 Å². The maximum Gasteiger partial charge on any atom is 0.199 e. The van der Waals surface area contributed by atoms with Gasteiger partial charge in [0.2, 0.25) is 0 Å². The summed E-state index contributed by atoms with van der Waals surface area (Å²) in [5, 5.41) is 4.84. The summed E-state index contributed by atoms with van der Waals surface area (Å²) in [5.41, 5.74) is 2.85. The third-order valence-corrected chi connectivity index (χ3v) is 3.80. The minimum Gasteiger partial charge on any atom is -0.444 e. The maximum atomic E-state index is 6.14. The van der Waals surface area contributed by atoms with Crippen LogP contribution in [0.15, 0.2) is 57.4 Å². The van der Waals surface area contributed by atoms with Gasteiger partial charge in [0.1, 0.15) is 5.58 Å². The van der Waals surface area contributed by atoms with Crippen molar-refractivity contribution in [3.8, 4) is 0 Å². The number of halogens is 2. The van der Waals surface area contributed by atoms with Crippen LogP contribution in [0.1, 0.15) is 5.56 Å². The molecule has 0 saturated heterocycles. The third-order valence-electron chi connectivity index (χ3n) is 2.96. The van der Waals surface area contributed by atoms with Gasteiger partial charge in [-0.3, -0.25) is 0 Å². The number of rotatable bonds is 3. The van der Waals surface area contributed by atoms with Gasteiger partial charge in [0.15, 0.2) is 5.22 Å². The summed E-state index contributed by atoms with van der Waals surface area (Å²) in [6.45, 7) is 0.636. The Balaban J connectivity index is 1.85. The molecule has 2 aromatic carbocycles. The fourth-order valence-corrected chi connectivity index (χ4v) is 2.51. The average Bonchev–Trinajstić information content (AvgIpc) is 2.74. The van der Waals surface area contributed by atoms with E-state index in [1.165, 1.54) is 0 Å². The summed E-state index contributed by atoms with van der Waals surface area (Å²) in [6.07, 6.45) is 0. The number of fused-ring (bicyclic) bond motifs is 1. The molecule has 2 nitrogen and oxygen atoms in total. The molecule has 0 aliphatic carbocycles. The SMILES string of the molecule is Clc1oc2ccccc2c1CNc1ccc(Br)cc1. The summed E-state index contributed by atoms with van der Waals surface area (Å²) in [4.78, 5) is 0. The summed E-state index contributed by atoms with van der Waals surface area (Å²) in [6, 6.07) is 15.9. The highest BCUT2D eigenvalue weighted by Crippen LogP contribution is 2.30. The highest BCUT2D eigenvalue weighted by atomic mass is 79.9. The lowest BCUT2D eigenvalue weighted by Crippen LogP contribution is -1.98. The first-order valence-corrected chi connectivity index (χ1v) is 7.06. The van der Waals surface area contributed by atoms with Gasteiger partial charge < -0.3 is 9.73 Å². The number of anilines is 1. The zero-order valence-electron chi connectivity index (χ0n) is 9.99. The van der Waals surface area contributed by atoms with Crippen LogP contribution < -0.4 is 5.32 Å². The second-order valence-corrected chi connectivity index (χ2v) is 5.47. The van der Waals surface area contributed by atoms with Crippen LogP contribution in [0.5, 0.6) is 0 Å². The van der Waals surface area contributed by atoms with Crippen LogP contribution in [0, 0.1) is 0 Å². The number of benzene rings is 2. The number of hydrogen-bond donors (Lipinski definition) is 1.